The van der Waals surface area contributed by atoms with Crippen molar-refractivity contribution in [1.82, 2.24) is 9.78 Å². The Morgan fingerprint density at radius 3 is 2.21 bits per heavy atom. The van der Waals surface area contributed by atoms with Gasteiger partial charge in [0.05, 0.1) is 21.3 Å². The average molecular weight is 408 g/mol. The summed E-state index contributed by atoms with van der Waals surface area (Å²) in [5.74, 6) is -0.278. The van der Waals surface area contributed by atoms with Crippen LogP contribution in [-0.4, -0.2) is 15.7 Å². The minimum Gasteiger partial charge on any atom is -0.322 e. The number of hydrogen-bond acceptors (Lipinski definition) is 2. The van der Waals surface area contributed by atoms with Crippen LogP contribution in [0, 0.1) is 0 Å². The van der Waals surface area contributed by atoms with Gasteiger partial charge in [-0.3, -0.25) is 4.79 Å². The van der Waals surface area contributed by atoms with Crippen molar-refractivity contribution < 1.29 is 4.79 Å². The van der Waals surface area contributed by atoms with Gasteiger partial charge in [0.25, 0.3) is 5.91 Å². The highest BCUT2D eigenvalue weighted by molar-refractivity contribution is 6.42. The van der Waals surface area contributed by atoms with Crippen molar-refractivity contribution >= 4 is 34.8 Å². The number of nitrogens with one attached hydrogen (secondary N) is 1. The molecule has 0 bridgehead atoms. The predicted molar refractivity (Wildman–Crippen MR) is 113 cm³/mol. The zero-order chi connectivity index (χ0) is 19.5. The molecule has 1 N–H and O–H groups in total. The average Bonchev–Trinajstić information content (AvgIpc) is 3.18. The molecule has 138 valence electrons. The Morgan fingerprint density at radius 1 is 0.857 bits per heavy atom. The van der Waals surface area contributed by atoms with Gasteiger partial charge in [-0.05, 0) is 30.3 Å². The van der Waals surface area contributed by atoms with Gasteiger partial charge in [-0.1, -0.05) is 71.7 Å². The third-order valence-corrected chi connectivity index (χ3v) is 4.94. The van der Waals surface area contributed by atoms with Gasteiger partial charge in [0.15, 0.2) is 0 Å². The van der Waals surface area contributed by atoms with Gasteiger partial charge in [0.1, 0.15) is 5.69 Å². The van der Waals surface area contributed by atoms with Gasteiger partial charge in [-0.2, -0.15) is 5.10 Å². The smallest absolute Gasteiger partial charge is 0.259 e. The third kappa shape index (κ3) is 3.79. The molecule has 4 rings (SSSR count). The lowest BCUT2D eigenvalue weighted by atomic mass is 10.1. The van der Waals surface area contributed by atoms with E-state index in [1.807, 2.05) is 60.7 Å². The zero-order valence-corrected chi connectivity index (χ0v) is 16.2. The maximum atomic E-state index is 13.0. The van der Waals surface area contributed by atoms with E-state index in [-0.39, 0.29) is 5.91 Å². The van der Waals surface area contributed by atoms with Gasteiger partial charge in [0, 0.05) is 17.4 Å². The number of benzene rings is 3. The monoisotopic (exact) mass is 407 g/mol. The van der Waals surface area contributed by atoms with Crippen LogP contribution in [0.1, 0.15) is 10.4 Å². The molecule has 3 aromatic carbocycles. The molecule has 0 saturated carbocycles. The molecule has 0 atom stereocenters. The number of amides is 1. The van der Waals surface area contributed by atoms with E-state index >= 15 is 0 Å². The second-order valence-corrected chi connectivity index (χ2v) is 6.93. The van der Waals surface area contributed by atoms with Gasteiger partial charge in [0.2, 0.25) is 0 Å². The Morgan fingerprint density at radius 2 is 1.54 bits per heavy atom. The SMILES string of the molecule is O=C(Nc1ccc(Cl)c(Cl)c1)c1cn(-c2ccccc2)nc1-c1ccccc1. The molecule has 28 heavy (non-hydrogen) atoms. The lowest BCUT2D eigenvalue weighted by Gasteiger charge is -2.06. The van der Waals surface area contributed by atoms with E-state index in [1.165, 1.54) is 0 Å². The lowest BCUT2D eigenvalue weighted by Crippen LogP contribution is -2.12. The Hall–Kier alpha value is -3.08. The fourth-order valence-electron chi connectivity index (χ4n) is 2.83. The van der Waals surface area contributed by atoms with Gasteiger partial charge >= 0.3 is 0 Å². The number of aromatic nitrogens is 2. The summed E-state index contributed by atoms with van der Waals surface area (Å²) in [7, 11) is 0. The number of carbonyl (C=O) groups excluding carboxylic acids is 1. The quantitative estimate of drug-likeness (QED) is 0.444. The van der Waals surface area contributed by atoms with Crippen molar-refractivity contribution in [3.63, 3.8) is 0 Å². The van der Waals surface area contributed by atoms with E-state index in [1.54, 1.807) is 29.1 Å². The molecule has 1 aromatic heterocycles. The highest BCUT2D eigenvalue weighted by Gasteiger charge is 2.19. The van der Waals surface area contributed by atoms with Crippen LogP contribution in [-0.2, 0) is 0 Å². The summed E-state index contributed by atoms with van der Waals surface area (Å²) < 4.78 is 1.70. The fourth-order valence-corrected chi connectivity index (χ4v) is 3.13. The minimum absolute atomic E-state index is 0.278. The number of anilines is 1. The molecule has 0 fully saturated rings. The zero-order valence-electron chi connectivity index (χ0n) is 14.6. The summed E-state index contributed by atoms with van der Waals surface area (Å²) in [6, 6.07) is 24.2. The molecule has 4 aromatic rings. The van der Waals surface area contributed by atoms with E-state index in [9.17, 15) is 4.79 Å². The number of rotatable bonds is 4. The predicted octanol–water partition coefficient (Wildman–Crippen LogP) is 6.10. The number of halogens is 2. The molecular formula is C22H15Cl2N3O. The van der Waals surface area contributed by atoms with Crippen molar-refractivity contribution in [1.29, 1.82) is 0 Å². The number of nitrogens with zero attached hydrogens (tertiary/aromatic N) is 2. The Balaban J connectivity index is 1.75. The standard InChI is InChI=1S/C22H15Cl2N3O/c23-19-12-11-16(13-20(19)24)25-22(28)18-14-27(17-9-5-2-6-10-17)26-21(18)15-7-3-1-4-8-15/h1-14H,(H,25,28). The van der Waals surface area contributed by atoms with Gasteiger partial charge in [-0.15, -0.1) is 0 Å². The highest BCUT2D eigenvalue weighted by Crippen LogP contribution is 2.27. The first-order chi connectivity index (χ1) is 13.6. The van der Waals surface area contributed by atoms with E-state index in [2.05, 4.69) is 10.4 Å². The van der Waals surface area contributed by atoms with Crippen molar-refractivity contribution in [2.45, 2.75) is 0 Å². The second-order valence-electron chi connectivity index (χ2n) is 6.12. The van der Waals surface area contributed by atoms with Crippen molar-refractivity contribution in [2.24, 2.45) is 0 Å². The number of carbonyl (C=O) groups is 1. The largest absolute Gasteiger partial charge is 0.322 e. The minimum atomic E-state index is -0.278. The van der Waals surface area contributed by atoms with E-state index in [4.69, 9.17) is 23.2 Å². The van der Waals surface area contributed by atoms with E-state index in [0.717, 1.165) is 11.3 Å². The van der Waals surface area contributed by atoms with Crippen LogP contribution in [0.5, 0.6) is 0 Å². The van der Waals surface area contributed by atoms with Gasteiger partial charge < -0.3 is 5.32 Å². The first kappa shape index (κ1) is 18.3. The first-order valence-corrected chi connectivity index (χ1v) is 9.34. The first-order valence-electron chi connectivity index (χ1n) is 8.59. The molecule has 6 heteroatoms. The second kappa shape index (κ2) is 7.89. The Kier molecular flexibility index (Phi) is 5.15. The molecule has 0 aliphatic heterocycles. The maximum absolute atomic E-state index is 13.0. The van der Waals surface area contributed by atoms with Crippen LogP contribution in [0.3, 0.4) is 0 Å². The third-order valence-electron chi connectivity index (χ3n) is 4.20. The summed E-state index contributed by atoms with van der Waals surface area (Å²) in [5.41, 5.74) is 3.35. The molecule has 0 aliphatic carbocycles. The molecule has 0 saturated heterocycles. The molecular weight excluding hydrogens is 393 g/mol. The van der Waals surface area contributed by atoms with Crippen LogP contribution in [0.2, 0.25) is 10.0 Å². The molecule has 0 unspecified atom stereocenters. The molecule has 1 heterocycles. The summed E-state index contributed by atoms with van der Waals surface area (Å²) in [4.78, 5) is 13.0. The number of para-hydroxylation sites is 1. The molecule has 4 nitrogen and oxygen atoms in total. The van der Waals surface area contributed by atoms with E-state index < -0.39 is 0 Å². The normalized spacial score (nSPS) is 10.6. The highest BCUT2D eigenvalue weighted by atomic mass is 35.5. The van der Waals surface area contributed by atoms with Crippen molar-refractivity contribution in [3.05, 3.63) is 101 Å². The topological polar surface area (TPSA) is 46.9 Å². The van der Waals surface area contributed by atoms with Crippen LogP contribution < -0.4 is 5.32 Å². The van der Waals surface area contributed by atoms with Crippen molar-refractivity contribution in [3.8, 4) is 16.9 Å². The lowest BCUT2D eigenvalue weighted by molar-refractivity contribution is 0.102. The summed E-state index contributed by atoms with van der Waals surface area (Å²) in [6.07, 6.45) is 1.73. The van der Waals surface area contributed by atoms with Crippen LogP contribution in [0.4, 0.5) is 5.69 Å². The molecule has 0 spiro atoms. The summed E-state index contributed by atoms with van der Waals surface area (Å²) in [5, 5.41) is 8.33. The van der Waals surface area contributed by atoms with Crippen LogP contribution >= 0.6 is 23.2 Å². The van der Waals surface area contributed by atoms with Gasteiger partial charge in [-0.25, -0.2) is 4.68 Å². The van der Waals surface area contributed by atoms with Crippen LogP contribution in [0.15, 0.2) is 85.1 Å². The fraction of sp³-hybridized carbons (Fsp3) is 0. The Labute approximate surface area is 172 Å². The Bertz CT molecular complexity index is 1130. The molecule has 0 aliphatic rings. The van der Waals surface area contributed by atoms with Crippen molar-refractivity contribution in [2.75, 3.05) is 5.32 Å². The summed E-state index contributed by atoms with van der Waals surface area (Å²) in [6.45, 7) is 0. The number of hydrogen-bond donors (Lipinski definition) is 1. The molecule has 1 amide bonds. The summed E-state index contributed by atoms with van der Waals surface area (Å²) >= 11 is 12.0. The maximum Gasteiger partial charge on any atom is 0.259 e. The van der Waals surface area contributed by atoms with Crippen LogP contribution in [0.25, 0.3) is 16.9 Å². The molecule has 0 radical (unpaired) electrons. The van der Waals surface area contributed by atoms with E-state index in [0.29, 0.717) is 27.0 Å².